The van der Waals surface area contributed by atoms with Gasteiger partial charge < -0.3 is 15.2 Å². The number of carbonyl (C=O) groups excluding carboxylic acids is 1. The van der Waals surface area contributed by atoms with E-state index < -0.39 is 23.8 Å². The van der Waals surface area contributed by atoms with Crippen LogP contribution in [-0.4, -0.2) is 62.2 Å². The summed E-state index contributed by atoms with van der Waals surface area (Å²) >= 11 is 0. The van der Waals surface area contributed by atoms with Crippen LogP contribution >= 0.6 is 0 Å². The van der Waals surface area contributed by atoms with Gasteiger partial charge >= 0.3 is 6.18 Å². The topological polar surface area (TPSA) is 93.2 Å². The van der Waals surface area contributed by atoms with E-state index in [1.54, 1.807) is 4.90 Å². The number of piperidine rings is 1. The molecule has 1 amide bonds. The van der Waals surface area contributed by atoms with E-state index in [0.717, 1.165) is 30.5 Å². The van der Waals surface area contributed by atoms with Crippen LogP contribution in [0.5, 0.6) is 0 Å². The number of hydrogen-bond acceptors (Lipinski definition) is 6. The molecule has 1 saturated carbocycles. The maximum Gasteiger partial charge on any atom is 0.417 e. The molecule has 0 radical (unpaired) electrons. The molecule has 1 saturated heterocycles. The first-order chi connectivity index (χ1) is 17.2. The van der Waals surface area contributed by atoms with E-state index in [1.807, 2.05) is 16.8 Å². The van der Waals surface area contributed by atoms with Gasteiger partial charge in [-0.2, -0.15) is 13.2 Å². The Morgan fingerprint density at radius 3 is 2.58 bits per heavy atom. The van der Waals surface area contributed by atoms with Crippen molar-refractivity contribution in [3.05, 3.63) is 48.2 Å². The number of likely N-dealkylation sites (tertiary alicyclic amines) is 1. The largest absolute Gasteiger partial charge is 0.417 e. The molecule has 2 fully saturated rings. The third-order valence-corrected chi connectivity index (χ3v) is 6.85. The molecule has 0 spiro atoms. The van der Waals surface area contributed by atoms with E-state index >= 15 is 0 Å². The van der Waals surface area contributed by atoms with Crippen LogP contribution in [0.1, 0.15) is 30.5 Å². The number of fused-ring (bicyclic) bond motifs is 1. The highest BCUT2D eigenvalue weighted by Gasteiger charge is 2.34. The number of anilines is 1. The third-order valence-electron chi connectivity index (χ3n) is 6.85. The van der Waals surface area contributed by atoms with Crippen LogP contribution in [0.3, 0.4) is 0 Å². The zero-order valence-electron chi connectivity index (χ0n) is 19.5. The zero-order chi connectivity index (χ0) is 25.4. The lowest BCUT2D eigenvalue weighted by atomic mass is 9.94. The molecule has 1 aliphatic heterocycles. The molecule has 192 valence electrons. The van der Waals surface area contributed by atoms with Gasteiger partial charge in [-0.05, 0) is 44.0 Å². The van der Waals surface area contributed by atoms with Crippen LogP contribution in [0.15, 0.2) is 36.9 Å². The Labute approximate surface area is 205 Å². The van der Waals surface area contributed by atoms with Crippen LogP contribution in [0, 0.1) is 5.92 Å². The van der Waals surface area contributed by atoms with Gasteiger partial charge in [0, 0.05) is 37.4 Å². The van der Waals surface area contributed by atoms with Crippen molar-refractivity contribution >= 4 is 22.8 Å². The second-order valence-electron chi connectivity index (χ2n) is 9.56. The number of aromatic nitrogens is 4. The minimum Gasteiger partial charge on any atom is -0.369 e. The van der Waals surface area contributed by atoms with Gasteiger partial charge in [0.1, 0.15) is 24.0 Å². The first-order valence-corrected chi connectivity index (χ1v) is 11.9. The van der Waals surface area contributed by atoms with Crippen LogP contribution in [0.25, 0.3) is 11.0 Å². The van der Waals surface area contributed by atoms with Crippen molar-refractivity contribution in [3.63, 3.8) is 0 Å². The molecule has 2 N–H and O–H groups in total. The van der Waals surface area contributed by atoms with Gasteiger partial charge in [0.25, 0.3) is 0 Å². The summed E-state index contributed by atoms with van der Waals surface area (Å²) in [7, 11) is 0. The SMILES string of the molecule is NC(=O)CN1CCC(Cn2ccc3c(N(Cc4ccc(C(F)(F)F)cn4)C4CC4)ncnc32)C(F)C1. The van der Waals surface area contributed by atoms with E-state index in [9.17, 15) is 22.4 Å². The molecule has 0 bridgehead atoms. The van der Waals surface area contributed by atoms with E-state index in [0.29, 0.717) is 43.2 Å². The molecule has 3 aromatic rings. The molecule has 1 aliphatic carbocycles. The molecule has 2 atom stereocenters. The van der Waals surface area contributed by atoms with Gasteiger partial charge in [-0.25, -0.2) is 14.4 Å². The van der Waals surface area contributed by atoms with Gasteiger partial charge in [0.05, 0.1) is 29.7 Å². The molecule has 12 heteroatoms. The smallest absolute Gasteiger partial charge is 0.369 e. The zero-order valence-corrected chi connectivity index (χ0v) is 19.5. The number of halogens is 4. The number of alkyl halides is 4. The fraction of sp³-hybridized carbons (Fsp3) is 0.500. The summed E-state index contributed by atoms with van der Waals surface area (Å²) in [6.07, 6.45) is 1.18. The highest BCUT2D eigenvalue weighted by molar-refractivity contribution is 5.88. The lowest BCUT2D eigenvalue weighted by Gasteiger charge is -2.34. The maximum absolute atomic E-state index is 14.9. The number of hydrogen-bond donors (Lipinski definition) is 1. The molecule has 8 nitrogen and oxygen atoms in total. The predicted octanol–water partition coefficient (Wildman–Crippen LogP) is 3.16. The van der Waals surface area contributed by atoms with Crippen LogP contribution in [0.4, 0.5) is 23.4 Å². The van der Waals surface area contributed by atoms with Gasteiger partial charge in [-0.15, -0.1) is 0 Å². The Hall–Kier alpha value is -3.28. The number of rotatable bonds is 8. The van der Waals surface area contributed by atoms with Crippen molar-refractivity contribution in [1.82, 2.24) is 24.4 Å². The Balaban J connectivity index is 1.34. The van der Waals surface area contributed by atoms with Crippen LogP contribution in [-0.2, 0) is 24.1 Å². The number of carbonyl (C=O) groups is 1. The number of pyridine rings is 1. The van der Waals surface area contributed by atoms with Crippen molar-refractivity contribution in [2.75, 3.05) is 24.5 Å². The lowest BCUT2D eigenvalue weighted by Crippen LogP contribution is -2.46. The Bertz CT molecular complexity index is 1230. The molecule has 0 aromatic carbocycles. The standard InChI is InChI=1S/C24H27F4N7O/c25-20-12-33(13-21(29)36)7-5-15(20)10-34-8-6-19-22(34)31-14-32-23(19)35(18-3-4-18)11-17-2-1-16(9-30-17)24(26,27)28/h1-2,6,8-9,14-15,18,20H,3-5,7,10-13H2,(H2,29,36). The number of nitrogens with zero attached hydrogens (tertiary/aromatic N) is 6. The average molecular weight is 506 g/mol. The molecule has 3 aromatic heterocycles. The second kappa shape index (κ2) is 9.64. The van der Waals surface area contributed by atoms with Gasteiger partial charge in [0.15, 0.2) is 0 Å². The number of nitrogens with two attached hydrogens (primary N) is 1. The Morgan fingerprint density at radius 1 is 1.14 bits per heavy atom. The monoisotopic (exact) mass is 505 g/mol. The highest BCUT2D eigenvalue weighted by Crippen LogP contribution is 2.36. The quantitative estimate of drug-likeness (QED) is 0.473. The molecule has 36 heavy (non-hydrogen) atoms. The molecule has 2 unspecified atom stereocenters. The van der Waals surface area contributed by atoms with Gasteiger partial charge in [0.2, 0.25) is 5.91 Å². The second-order valence-corrected chi connectivity index (χ2v) is 9.56. The number of primary amides is 1. The predicted molar refractivity (Wildman–Crippen MR) is 125 cm³/mol. The normalized spacial score (nSPS) is 21.1. The number of amides is 1. The van der Waals surface area contributed by atoms with Gasteiger partial charge in [-0.1, -0.05) is 0 Å². The van der Waals surface area contributed by atoms with Crippen molar-refractivity contribution in [2.45, 2.75) is 50.7 Å². The van der Waals surface area contributed by atoms with Crippen molar-refractivity contribution in [1.29, 1.82) is 0 Å². The molecular formula is C24H27F4N7O. The molecule has 5 rings (SSSR count). The van der Waals surface area contributed by atoms with Crippen molar-refractivity contribution in [3.8, 4) is 0 Å². The summed E-state index contributed by atoms with van der Waals surface area (Å²) in [6.45, 7) is 1.59. The van der Waals surface area contributed by atoms with E-state index in [1.165, 1.54) is 12.4 Å². The summed E-state index contributed by atoms with van der Waals surface area (Å²) < 4.78 is 55.5. The summed E-state index contributed by atoms with van der Waals surface area (Å²) in [5, 5.41) is 0.804. The average Bonchev–Trinajstić information content (AvgIpc) is 3.59. The van der Waals surface area contributed by atoms with Crippen molar-refractivity contribution in [2.24, 2.45) is 11.7 Å². The summed E-state index contributed by atoms with van der Waals surface area (Å²) in [4.78, 5) is 27.9. The minimum atomic E-state index is -4.43. The lowest BCUT2D eigenvalue weighted by molar-refractivity contribution is -0.137. The van der Waals surface area contributed by atoms with Gasteiger partial charge in [-0.3, -0.25) is 14.7 Å². The summed E-state index contributed by atoms with van der Waals surface area (Å²) in [5.41, 5.74) is 5.65. The molecular weight excluding hydrogens is 478 g/mol. The van der Waals surface area contributed by atoms with Crippen LogP contribution < -0.4 is 10.6 Å². The summed E-state index contributed by atoms with van der Waals surface area (Å²) in [6, 6.07) is 4.56. The van der Waals surface area contributed by atoms with E-state index in [4.69, 9.17) is 5.73 Å². The molecule has 4 heterocycles. The van der Waals surface area contributed by atoms with E-state index in [2.05, 4.69) is 19.9 Å². The Morgan fingerprint density at radius 2 is 1.94 bits per heavy atom. The minimum absolute atomic E-state index is 0.0565. The highest BCUT2D eigenvalue weighted by atomic mass is 19.4. The summed E-state index contributed by atoms with van der Waals surface area (Å²) in [5.74, 6) is 0.00282. The first kappa shape index (κ1) is 24.4. The Kier molecular flexibility index (Phi) is 6.54. The fourth-order valence-electron chi connectivity index (χ4n) is 4.83. The maximum atomic E-state index is 14.9. The molecule has 2 aliphatic rings. The third kappa shape index (κ3) is 5.28. The first-order valence-electron chi connectivity index (χ1n) is 11.9. The van der Waals surface area contributed by atoms with Crippen molar-refractivity contribution < 1.29 is 22.4 Å². The fourth-order valence-corrected chi connectivity index (χ4v) is 4.83. The van der Waals surface area contributed by atoms with Crippen LogP contribution in [0.2, 0.25) is 0 Å². The van der Waals surface area contributed by atoms with E-state index in [-0.39, 0.29) is 25.0 Å².